The summed E-state index contributed by atoms with van der Waals surface area (Å²) in [4.78, 5) is 0. The Morgan fingerprint density at radius 1 is 0.944 bits per heavy atom. The molecule has 0 amide bonds. The van der Waals surface area contributed by atoms with Gasteiger partial charge in [0.15, 0.2) is 0 Å². The van der Waals surface area contributed by atoms with Gasteiger partial charge in [-0.25, -0.2) is 8.78 Å². The molecule has 0 aliphatic rings. The molecule has 0 spiro atoms. The lowest BCUT2D eigenvalue weighted by Gasteiger charge is -2.25. The zero-order valence-corrected chi connectivity index (χ0v) is 10.2. The van der Waals surface area contributed by atoms with E-state index in [0.29, 0.717) is 16.7 Å². The molecule has 0 aromatic heterocycles. The van der Waals surface area contributed by atoms with Gasteiger partial charge < -0.3 is 5.11 Å². The first-order valence-electron chi connectivity index (χ1n) is 5.65. The van der Waals surface area contributed by atoms with Gasteiger partial charge in [0.05, 0.1) is 0 Å². The number of hydrogen-bond donors (Lipinski definition) is 1. The SMILES string of the molecule is Cc1cc(F)cc(C(C)(O)c2cccc(F)c2)c1. The third kappa shape index (κ3) is 2.41. The number of aliphatic hydroxyl groups is 1. The van der Waals surface area contributed by atoms with E-state index in [0.717, 1.165) is 0 Å². The van der Waals surface area contributed by atoms with Crippen molar-refractivity contribution in [3.63, 3.8) is 0 Å². The molecular weight excluding hydrogens is 234 g/mol. The Kier molecular flexibility index (Phi) is 3.18. The van der Waals surface area contributed by atoms with E-state index in [-0.39, 0.29) is 0 Å². The summed E-state index contributed by atoms with van der Waals surface area (Å²) in [6.45, 7) is 3.27. The molecule has 1 unspecified atom stereocenters. The van der Waals surface area contributed by atoms with Crippen LogP contribution in [-0.4, -0.2) is 5.11 Å². The maximum absolute atomic E-state index is 13.4. The maximum atomic E-state index is 13.4. The Balaban J connectivity index is 2.53. The first kappa shape index (κ1) is 12.7. The van der Waals surface area contributed by atoms with Crippen LogP contribution < -0.4 is 0 Å². The highest BCUT2D eigenvalue weighted by Gasteiger charge is 2.26. The van der Waals surface area contributed by atoms with Crippen molar-refractivity contribution in [2.75, 3.05) is 0 Å². The van der Waals surface area contributed by atoms with Gasteiger partial charge in [0.25, 0.3) is 0 Å². The molecule has 1 nitrogen and oxygen atoms in total. The average Bonchev–Trinajstić information content (AvgIpc) is 2.27. The smallest absolute Gasteiger partial charge is 0.123 e. The van der Waals surface area contributed by atoms with Crippen molar-refractivity contribution in [3.8, 4) is 0 Å². The second-order valence-electron chi connectivity index (χ2n) is 4.60. The first-order chi connectivity index (χ1) is 8.39. The van der Waals surface area contributed by atoms with Crippen LogP contribution in [-0.2, 0) is 5.60 Å². The molecule has 2 rings (SSSR count). The van der Waals surface area contributed by atoms with Gasteiger partial charge in [-0.1, -0.05) is 18.2 Å². The molecule has 18 heavy (non-hydrogen) atoms. The second kappa shape index (κ2) is 4.50. The van der Waals surface area contributed by atoms with Crippen molar-refractivity contribution in [2.45, 2.75) is 19.4 Å². The Bertz CT molecular complexity index is 556. The molecule has 0 aliphatic heterocycles. The van der Waals surface area contributed by atoms with Crippen molar-refractivity contribution in [1.82, 2.24) is 0 Å². The largest absolute Gasteiger partial charge is 0.381 e. The summed E-state index contributed by atoms with van der Waals surface area (Å²) in [5, 5.41) is 10.5. The minimum atomic E-state index is -1.42. The molecule has 0 saturated heterocycles. The highest BCUT2D eigenvalue weighted by Crippen LogP contribution is 2.30. The van der Waals surface area contributed by atoms with E-state index < -0.39 is 17.2 Å². The number of halogens is 2. The predicted octanol–water partition coefficient (Wildman–Crippen LogP) is 3.53. The first-order valence-corrected chi connectivity index (χ1v) is 5.65. The molecule has 2 aromatic carbocycles. The molecule has 0 aliphatic carbocycles. The zero-order chi connectivity index (χ0) is 13.3. The monoisotopic (exact) mass is 248 g/mol. The molecule has 0 fully saturated rings. The predicted molar refractivity (Wildman–Crippen MR) is 66.2 cm³/mol. The van der Waals surface area contributed by atoms with Crippen LogP contribution in [0, 0.1) is 18.6 Å². The molecule has 1 atom stereocenters. The average molecular weight is 248 g/mol. The van der Waals surface area contributed by atoms with Gasteiger partial charge >= 0.3 is 0 Å². The fourth-order valence-electron chi connectivity index (χ4n) is 1.98. The second-order valence-corrected chi connectivity index (χ2v) is 4.60. The summed E-state index contributed by atoms with van der Waals surface area (Å²) in [6.07, 6.45) is 0. The highest BCUT2D eigenvalue weighted by atomic mass is 19.1. The topological polar surface area (TPSA) is 20.2 Å². The van der Waals surface area contributed by atoms with Gasteiger partial charge in [0.2, 0.25) is 0 Å². The molecule has 2 aromatic rings. The molecule has 0 heterocycles. The maximum Gasteiger partial charge on any atom is 0.123 e. The van der Waals surface area contributed by atoms with Gasteiger partial charge in [-0.05, 0) is 54.8 Å². The summed E-state index contributed by atoms with van der Waals surface area (Å²) in [5.74, 6) is -0.845. The number of rotatable bonds is 2. The van der Waals surface area contributed by atoms with Crippen molar-refractivity contribution in [2.24, 2.45) is 0 Å². The third-order valence-electron chi connectivity index (χ3n) is 2.99. The lowest BCUT2D eigenvalue weighted by Crippen LogP contribution is -2.23. The van der Waals surface area contributed by atoms with Crippen LogP contribution >= 0.6 is 0 Å². The van der Waals surface area contributed by atoms with E-state index in [1.807, 2.05) is 0 Å². The van der Waals surface area contributed by atoms with Gasteiger partial charge in [-0.3, -0.25) is 0 Å². The fourth-order valence-corrected chi connectivity index (χ4v) is 1.98. The normalized spacial score (nSPS) is 14.3. The highest BCUT2D eigenvalue weighted by molar-refractivity contribution is 5.37. The van der Waals surface area contributed by atoms with E-state index in [1.54, 1.807) is 19.1 Å². The van der Waals surface area contributed by atoms with Gasteiger partial charge in [-0.15, -0.1) is 0 Å². The summed E-state index contributed by atoms with van der Waals surface area (Å²) in [7, 11) is 0. The van der Waals surface area contributed by atoms with Crippen LogP contribution in [0.2, 0.25) is 0 Å². The molecule has 0 bridgehead atoms. The number of aryl methyl sites for hydroxylation is 1. The van der Waals surface area contributed by atoms with Crippen molar-refractivity contribution < 1.29 is 13.9 Å². The lowest BCUT2D eigenvalue weighted by atomic mass is 9.87. The van der Waals surface area contributed by atoms with Crippen LogP contribution in [0.4, 0.5) is 8.78 Å². The van der Waals surface area contributed by atoms with Crippen LogP contribution in [0.1, 0.15) is 23.6 Å². The summed E-state index contributed by atoms with van der Waals surface area (Å²) in [6, 6.07) is 10.0. The van der Waals surface area contributed by atoms with E-state index in [4.69, 9.17) is 0 Å². The number of benzene rings is 2. The van der Waals surface area contributed by atoms with Gasteiger partial charge in [0, 0.05) is 0 Å². The molecule has 1 N–H and O–H groups in total. The molecule has 0 saturated carbocycles. The van der Waals surface area contributed by atoms with Gasteiger partial charge in [-0.2, -0.15) is 0 Å². The number of hydrogen-bond acceptors (Lipinski definition) is 1. The molecule has 0 radical (unpaired) electrons. The van der Waals surface area contributed by atoms with Crippen LogP contribution in [0.15, 0.2) is 42.5 Å². The minimum absolute atomic E-state index is 0.396. The van der Waals surface area contributed by atoms with E-state index in [1.165, 1.54) is 37.3 Å². The van der Waals surface area contributed by atoms with E-state index in [2.05, 4.69) is 0 Å². The van der Waals surface area contributed by atoms with Crippen molar-refractivity contribution in [3.05, 3.63) is 70.8 Å². The van der Waals surface area contributed by atoms with E-state index >= 15 is 0 Å². The Morgan fingerprint density at radius 2 is 1.61 bits per heavy atom. The quantitative estimate of drug-likeness (QED) is 0.862. The molecule has 3 heteroatoms. The standard InChI is InChI=1S/C15H14F2O/c1-10-6-12(9-14(17)7-10)15(2,18)11-4-3-5-13(16)8-11/h3-9,18H,1-2H3. The zero-order valence-electron chi connectivity index (χ0n) is 10.2. The summed E-state index contributed by atoms with van der Waals surface area (Å²) >= 11 is 0. The Morgan fingerprint density at radius 3 is 2.22 bits per heavy atom. The fraction of sp³-hybridized carbons (Fsp3) is 0.200. The van der Waals surface area contributed by atoms with Crippen molar-refractivity contribution in [1.29, 1.82) is 0 Å². The third-order valence-corrected chi connectivity index (χ3v) is 2.99. The minimum Gasteiger partial charge on any atom is -0.381 e. The van der Waals surface area contributed by atoms with Crippen LogP contribution in [0.25, 0.3) is 0 Å². The Labute approximate surface area is 105 Å². The van der Waals surface area contributed by atoms with Crippen LogP contribution in [0.5, 0.6) is 0 Å². The lowest BCUT2D eigenvalue weighted by molar-refractivity contribution is 0.101. The van der Waals surface area contributed by atoms with Gasteiger partial charge in [0.1, 0.15) is 17.2 Å². The van der Waals surface area contributed by atoms with Crippen LogP contribution in [0.3, 0.4) is 0 Å². The van der Waals surface area contributed by atoms with Crippen molar-refractivity contribution >= 4 is 0 Å². The molecule has 94 valence electrons. The Hall–Kier alpha value is -1.74. The summed E-state index contributed by atoms with van der Waals surface area (Å²) < 4.78 is 26.6. The summed E-state index contributed by atoms with van der Waals surface area (Å²) in [5.41, 5.74) is 0.0920. The molecular formula is C15H14F2O. The van der Waals surface area contributed by atoms with E-state index in [9.17, 15) is 13.9 Å².